The van der Waals surface area contributed by atoms with Crippen molar-refractivity contribution in [2.75, 3.05) is 32.4 Å². The van der Waals surface area contributed by atoms with E-state index < -0.39 is 10.0 Å². The lowest BCUT2D eigenvalue weighted by Crippen LogP contribution is -2.54. The summed E-state index contributed by atoms with van der Waals surface area (Å²) in [7, 11) is -3.38. The van der Waals surface area contributed by atoms with Crippen LogP contribution in [0.5, 0.6) is 0 Å². The molecule has 1 fully saturated rings. The number of hydrogen-bond acceptors (Lipinski definition) is 6. The summed E-state index contributed by atoms with van der Waals surface area (Å²) in [5.41, 5.74) is 7.39. The first-order valence-electron chi connectivity index (χ1n) is 16.5. The Kier molecular flexibility index (Phi) is 11.1. The Balaban J connectivity index is 1.18. The zero-order valence-corrected chi connectivity index (χ0v) is 30.0. The SMILES string of the molecule is CC1C(=O)NCCN1CCCn1nc(-c2ccc(Cl)c(C#Cc3ccc(CNCc4ccc(Cl)cc4)cc3)c2)c2c1CCN(S(C)(=O)=O)C2. The van der Waals surface area contributed by atoms with Gasteiger partial charge in [-0.1, -0.05) is 65.4 Å². The van der Waals surface area contributed by atoms with Crippen LogP contribution in [0.25, 0.3) is 11.3 Å². The highest BCUT2D eigenvalue weighted by atomic mass is 35.5. The van der Waals surface area contributed by atoms with E-state index in [1.54, 1.807) is 0 Å². The number of amides is 1. The van der Waals surface area contributed by atoms with Gasteiger partial charge in [-0.15, -0.1) is 0 Å². The highest BCUT2D eigenvalue weighted by molar-refractivity contribution is 7.88. The number of aryl methyl sites for hydroxylation is 1. The molecule has 0 spiro atoms. The number of hydrogen-bond donors (Lipinski definition) is 2. The fourth-order valence-corrected chi connectivity index (χ4v) is 7.37. The summed E-state index contributed by atoms with van der Waals surface area (Å²) < 4.78 is 28.6. The summed E-state index contributed by atoms with van der Waals surface area (Å²) in [5.74, 6) is 6.54. The molecule has 1 aromatic heterocycles. The van der Waals surface area contributed by atoms with Gasteiger partial charge in [0, 0.05) is 91.7 Å². The topological polar surface area (TPSA) is 99.6 Å². The number of halogens is 2. The van der Waals surface area contributed by atoms with Crippen LogP contribution in [0.15, 0.2) is 66.7 Å². The molecular weight excluding hydrogens is 679 g/mol. The van der Waals surface area contributed by atoms with E-state index in [0.29, 0.717) is 36.6 Å². The minimum atomic E-state index is -3.38. The number of piperazine rings is 1. The van der Waals surface area contributed by atoms with Gasteiger partial charge in [-0.05, 0) is 60.9 Å². The van der Waals surface area contributed by atoms with Gasteiger partial charge in [-0.25, -0.2) is 8.42 Å². The Labute approximate surface area is 298 Å². The van der Waals surface area contributed by atoms with E-state index in [1.807, 2.05) is 66.2 Å². The fraction of sp³-hybridized carbons (Fsp3) is 0.351. The summed E-state index contributed by atoms with van der Waals surface area (Å²) in [6, 6.07) is 21.4. The number of carbonyl (C=O) groups is 1. The molecule has 12 heteroatoms. The number of sulfonamides is 1. The normalized spacial score (nSPS) is 16.9. The Morgan fingerprint density at radius 3 is 2.39 bits per heavy atom. The van der Waals surface area contributed by atoms with Crippen LogP contribution in [0, 0.1) is 11.8 Å². The molecule has 1 saturated heterocycles. The third kappa shape index (κ3) is 8.73. The summed E-state index contributed by atoms with van der Waals surface area (Å²) >= 11 is 12.6. The van der Waals surface area contributed by atoms with E-state index in [-0.39, 0.29) is 18.5 Å². The first-order chi connectivity index (χ1) is 23.5. The number of nitrogens with one attached hydrogen (secondary N) is 2. The molecule has 1 unspecified atom stereocenters. The van der Waals surface area contributed by atoms with Gasteiger partial charge in [0.15, 0.2) is 0 Å². The Bertz CT molecular complexity index is 1990. The maximum absolute atomic E-state index is 12.5. The van der Waals surface area contributed by atoms with Gasteiger partial charge in [0.2, 0.25) is 15.9 Å². The summed E-state index contributed by atoms with van der Waals surface area (Å²) in [5, 5.41) is 12.7. The van der Waals surface area contributed by atoms with Crippen LogP contribution in [-0.4, -0.2) is 71.8 Å². The Morgan fingerprint density at radius 1 is 0.959 bits per heavy atom. The first kappa shape index (κ1) is 35.1. The molecule has 49 heavy (non-hydrogen) atoms. The number of aromatic nitrogens is 2. The first-order valence-corrected chi connectivity index (χ1v) is 19.1. The average molecular weight is 720 g/mol. The van der Waals surface area contributed by atoms with Crippen molar-refractivity contribution in [2.24, 2.45) is 0 Å². The van der Waals surface area contributed by atoms with Gasteiger partial charge < -0.3 is 10.6 Å². The number of rotatable bonds is 10. The maximum atomic E-state index is 12.5. The summed E-state index contributed by atoms with van der Waals surface area (Å²) in [4.78, 5) is 14.3. The molecule has 0 aliphatic carbocycles. The smallest absolute Gasteiger partial charge is 0.237 e. The molecule has 256 valence electrons. The van der Waals surface area contributed by atoms with E-state index in [2.05, 4.69) is 39.5 Å². The van der Waals surface area contributed by atoms with Crippen LogP contribution in [0.4, 0.5) is 0 Å². The lowest BCUT2D eigenvalue weighted by atomic mass is 10.0. The molecule has 1 amide bonds. The minimum absolute atomic E-state index is 0.0584. The Hall–Kier alpha value is -3.69. The van der Waals surface area contributed by atoms with Crippen molar-refractivity contribution >= 4 is 39.1 Å². The quantitative estimate of drug-likeness (QED) is 0.222. The molecule has 3 aromatic carbocycles. The molecule has 6 rings (SSSR count). The standard InChI is InChI=1S/C37H40Cl2N6O3S/c1-26-37(46)41-17-21-43(26)18-3-19-45-35-16-20-44(49(2,47)48)25-33(35)36(42-45)31-12-15-34(39)30(22-31)11-8-27-4-6-28(7-5-27)23-40-24-29-9-13-32(38)14-10-29/h4-7,9-10,12-15,22,26,40H,3,16-21,23-25H2,1-2H3,(H,41,46). The predicted octanol–water partition coefficient (Wildman–Crippen LogP) is 5.07. The van der Waals surface area contributed by atoms with Crippen LogP contribution in [0.3, 0.4) is 0 Å². The molecule has 2 aliphatic heterocycles. The molecular formula is C37H40Cl2N6O3S. The number of benzene rings is 3. The summed E-state index contributed by atoms with van der Waals surface area (Å²) in [6.45, 7) is 7.00. The maximum Gasteiger partial charge on any atom is 0.237 e. The zero-order valence-electron chi connectivity index (χ0n) is 27.7. The van der Waals surface area contributed by atoms with Crippen molar-refractivity contribution in [3.05, 3.63) is 110 Å². The highest BCUT2D eigenvalue weighted by Crippen LogP contribution is 2.33. The number of nitrogens with zero attached hydrogens (tertiary/aromatic N) is 4. The number of fused-ring (bicyclic) bond motifs is 1. The lowest BCUT2D eigenvalue weighted by molar-refractivity contribution is -0.128. The largest absolute Gasteiger partial charge is 0.353 e. The van der Waals surface area contributed by atoms with Crippen molar-refractivity contribution in [2.45, 2.75) is 52.0 Å². The van der Waals surface area contributed by atoms with Gasteiger partial charge in [0.25, 0.3) is 0 Å². The second-order valence-corrected chi connectivity index (χ2v) is 15.4. The highest BCUT2D eigenvalue weighted by Gasteiger charge is 2.30. The van der Waals surface area contributed by atoms with Crippen LogP contribution in [0.1, 0.15) is 46.9 Å². The van der Waals surface area contributed by atoms with Crippen LogP contribution in [-0.2, 0) is 47.4 Å². The third-order valence-corrected chi connectivity index (χ3v) is 10.9. The predicted molar refractivity (Wildman–Crippen MR) is 195 cm³/mol. The monoisotopic (exact) mass is 718 g/mol. The molecule has 1 atom stereocenters. The molecule has 2 N–H and O–H groups in total. The lowest BCUT2D eigenvalue weighted by Gasteiger charge is -2.32. The van der Waals surface area contributed by atoms with Crippen LogP contribution >= 0.6 is 23.2 Å². The van der Waals surface area contributed by atoms with Crippen LogP contribution in [0.2, 0.25) is 10.0 Å². The zero-order chi connectivity index (χ0) is 34.5. The van der Waals surface area contributed by atoms with E-state index >= 15 is 0 Å². The second kappa shape index (κ2) is 15.5. The van der Waals surface area contributed by atoms with Gasteiger partial charge in [0.05, 0.1) is 23.0 Å². The van der Waals surface area contributed by atoms with Crippen molar-refractivity contribution in [3.8, 4) is 23.1 Å². The van der Waals surface area contributed by atoms with Gasteiger partial charge >= 0.3 is 0 Å². The molecule has 4 aromatic rings. The molecule has 0 radical (unpaired) electrons. The third-order valence-electron chi connectivity index (χ3n) is 9.12. The molecule has 3 heterocycles. The van der Waals surface area contributed by atoms with Crippen molar-refractivity contribution in [1.82, 2.24) is 29.6 Å². The van der Waals surface area contributed by atoms with E-state index in [4.69, 9.17) is 28.3 Å². The summed E-state index contributed by atoms with van der Waals surface area (Å²) in [6.07, 6.45) is 2.64. The van der Waals surface area contributed by atoms with Crippen molar-refractivity contribution < 1.29 is 13.2 Å². The van der Waals surface area contributed by atoms with Gasteiger partial charge in [0.1, 0.15) is 0 Å². The minimum Gasteiger partial charge on any atom is -0.353 e. The van der Waals surface area contributed by atoms with E-state index in [9.17, 15) is 13.2 Å². The van der Waals surface area contributed by atoms with Crippen molar-refractivity contribution in [3.63, 3.8) is 0 Å². The molecule has 2 aliphatic rings. The fourth-order valence-electron chi connectivity index (χ4n) is 6.29. The average Bonchev–Trinajstić information content (AvgIpc) is 3.45. The second-order valence-electron chi connectivity index (χ2n) is 12.6. The van der Waals surface area contributed by atoms with Gasteiger partial charge in [-0.2, -0.15) is 9.40 Å². The Morgan fingerprint density at radius 2 is 1.67 bits per heavy atom. The van der Waals surface area contributed by atoms with Crippen LogP contribution < -0.4 is 10.6 Å². The number of carbonyl (C=O) groups excluding carboxylic acids is 1. The van der Waals surface area contributed by atoms with Gasteiger partial charge in [-0.3, -0.25) is 14.4 Å². The van der Waals surface area contributed by atoms with E-state index in [0.717, 1.165) is 71.3 Å². The molecule has 0 bridgehead atoms. The molecule has 9 nitrogen and oxygen atoms in total. The molecule has 0 saturated carbocycles. The van der Waals surface area contributed by atoms with Crippen molar-refractivity contribution in [1.29, 1.82) is 0 Å². The van der Waals surface area contributed by atoms with E-state index in [1.165, 1.54) is 16.1 Å².